The van der Waals surface area contributed by atoms with E-state index in [4.69, 9.17) is 34.8 Å². The fourth-order valence-corrected chi connectivity index (χ4v) is 4.89. The Morgan fingerprint density at radius 1 is 1.18 bits per heavy atom. The minimum atomic E-state index is -2.92. The quantitative estimate of drug-likeness (QED) is 0.780. The fourth-order valence-electron chi connectivity index (χ4n) is 2.06. The molecule has 0 saturated carbocycles. The highest BCUT2D eigenvalue weighted by Gasteiger charge is 2.33. The molecule has 0 aliphatic carbocycles. The lowest BCUT2D eigenvalue weighted by atomic mass is 9.98. The highest BCUT2D eigenvalue weighted by molar-refractivity contribution is 7.91. The van der Waals surface area contributed by atoms with Gasteiger partial charge in [-0.2, -0.15) is 0 Å². The Morgan fingerprint density at radius 2 is 1.76 bits per heavy atom. The summed E-state index contributed by atoms with van der Waals surface area (Å²) in [6.45, 7) is 0. The van der Waals surface area contributed by atoms with E-state index in [2.05, 4.69) is 0 Å². The van der Waals surface area contributed by atoms with Crippen LogP contribution in [-0.4, -0.2) is 19.9 Å². The van der Waals surface area contributed by atoms with Crippen molar-refractivity contribution in [3.8, 4) is 0 Å². The minimum Gasteiger partial charge on any atom is -0.229 e. The summed E-state index contributed by atoms with van der Waals surface area (Å²) >= 11 is 18.1. The van der Waals surface area contributed by atoms with Gasteiger partial charge in [-0.05, 0) is 36.1 Å². The molecule has 2 atom stereocenters. The molecule has 1 aromatic carbocycles. The van der Waals surface area contributed by atoms with Gasteiger partial charge in [-0.3, -0.25) is 0 Å². The standard InChI is InChI=1S/C11H11Cl3O2S/c12-9-3-8(4-10(13)5-9)11(14)7-1-2-17(15,16)6-7/h3-5,7,11H,1-2,6H2. The maximum Gasteiger partial charge on any atom is 0.150 e. The zero-order chi connectivity index (χ0) is 12.6. The molecular formula is C11H11Cl3O2S. The van der Waals surface area contributed by atoms with Gasteiger partial charge in [0.15, 0.2) is 9.84 Å². The van der Waals surface area contributed by atoms with Gasteiger partial charge >= 0.3 is 0 Å². The molecule has 1 saturated heterocycles. The number of hydrogen-bond acceptors (Lipinski definition) is 2. The van der Waals surface area contributed by atoms with E-state index in [0.29, 0.717) is 16.5 Å². The van der Waals surface area contributed by atoms with E-state index >= 15 is 0 Å². The van der Waals surface area contributed by atoms with Crippen molar-refractivity contribution in [3.05, 3.63) is 33.8 Å². The molecule has 0 N–H and O–H groups in total. The molecule has 1 fully saturated rings. The third-order valence-corrected chi connectivity index (χ3v) is 5.72. The SMILES string of the molecule is O=S1(=O)CCC(C(Cl)c2cc(Cl)cc(Cl)c2)C1. The highest BCUT2D eigenvalue weighted by atomic mass is 35.5. The lowest BCUT2D eigenvalue weighted by Crippen LogP contribution is -2.10. The van der Waals surface area contributed by atoms with Crippen LogP contribution in [0, 0.1) is 5.92 Å². The molecule has 1 aliphatic rings. The number of benzene rings is 1. The van der Waals surface area contributed by atoms with Crippen molar-refractivity contribution in [2.45, 2.75) is 11.8 Å². The molecule has 94 valence electrons. The smallest absolute Gasteiger partial charge is 0.150 e. The van der Waals surface area contributed by atoms with Crippen LogP contribution in [0.5, 0.6) is 0 Å². The first kappa shape index (κ1) is 13.5. The van der Waals surface area contributed by atoms with Crippen molar-refractivity contribution in [2.24, 2.45) is 5.92 Å². The molecule has 1 heterocycles. The molecular weight excluding hydrogens is 303 g/mol. The number of alkyl halides is 1. The van der Waals surface area contributed by atoms with Crippen molar-refractivity contribution in [2.75, 3.05) is 11.5 Å². The molecule has 0 amide bonds. The Kier molecular flexibility index (Phi) is 3.93. The van der Waals surface area contributed by atoms with Crippen LogP contribution in [0.15, 0.2) is 18.2 Å². The largest absolute Gasteiger partial charge is 0.229 e. The van der Waals surface area contributed by atoms with Gasteiger partial charge in [-0.25, -0.2) is 8.42 Å². The topological polar surface area (TPSA) is 34.1 Å². The van der Waals surface area contributed by atoms with E-state index in [-0.39, 0.29) is 22.8 Å². The van der Waals surface area contributed by atoms with Crippen LogP contribution in [0.25, 0.3) is 0 Å². The molecule has 2 unspecified atom stereocenters. The summed E-state index contributed by atoms with van der Waals surface area (Å²) in [6, 6.07) is 5.09. The molecule has 2 nitrogen and oxygen atoms in total. The van der Waals surface area contributed by atoms with Gasteiger partial charge < -0.3 is 0 Å². The molecule has 0 radical (unpaired) electrons. The van der Waals surface area contributed by atoms with E-state index in [1.165, 1.54) is 0 Å². The number of halogens is 3. The molecule has 2 rings (SSSR count). The second-order valence-electron chi connectivity index (χ2n) is 4.27. The normalized spacial score (nSPS) is 24.8. The van der Waals surface area contributed by atoms with Crippen molar-refractivity contribution < 1.29 is 8.42 Å². The van der Waals surface area contributed by atoms with Gasteiger partial charge in [0.05, 0.1) is 16.9 Å². The summed E-state index contributed by atoms with van der Waals surface area (Å²) in [6.07, 6.45) is 0.598. The Morgan fingerprint density at radius 3 is 2.24 bits per heavy atom. The highest BCUT2D eigenvalue weighted by Crippen LogP contribution is 2.38. The van der Waals surface area contributed by atoms with Gasteiger partial charge in [-0.15, -0.1) is 11.6 Å². The van der Waals surface area contributed by atoms with Crippen LogP contribution >= 0.6 is 34.8 Å². The van der Waals surface area contributed by atoms with Crippen molar-refractivity contribution >= 4 is 44.6 Å². The summed E-state index contributed by atoms with van der Waals surface area (Å²) in [4.78, 5) is 0. The maximum absolute atomic E-state index is 11.4. The van der Waals surface area contributed by atoms with Gasteiger partial charge in [0.25, 0.3) is 0 Å². The van der Waals surface area contributed by atoms with E-state index < -0.39 is 9.84 Å². The first-order valence-corrected chi connectivity index (χ1v) is 8.19. The van der Waals surface area contributed by atoms with E-state index in [1.807, 2.05) is 0 Å². The van der Waals surface area contributed by atoms with Crippen LogP contribution in [0.3, 0.4) is 0 Å². The molecule has 0 bridgehead atoms. The van der Waals surface area contributed by atoms with Crippen molar-refractivity contribution in [3.63, 3.8) is 0 Å². The zero-order valence-electron chi connectivity index (χ0n) is 8.87. The van der Waals surface area contributed by atoms with Gasteiger partial charge in [-0.1, -0.05) is 23.2 Å². The van der Waals surface area contributed by atoms with E-state index in [0.717, 1.165) is 5.56 Å². The molecule has 1 aliphatic heterocycles. The summed E-state index contributed by atoms with van der Waals surface area (Å²) < 4.78 is 22.8. The number of sulfone groups is 1. The Balaban J connectivity index is 2.23. The summed E-state index contributed by atoms with van der Waals surface area (Å²) in [7, 11) is -2.92. The van der Waals surface area contributed by atoms with E-state index in [1.54, 1.807) is 18.2 Å². The molecule has 6 heteroatoms. The Bertz CT molecular complexity index is 507. The molecule has 0 spiro atoms. The molecule has 17 heavy (non-hydrogen) atoms. The Hall–Kier alpha value is 0.0400. The summed E-state index contributed by atoms with van der Waals surface area (Å²) in [5, 5.41) is 0.668. The lowest BCUT2D eigenvalue weighted by molar-refractivity contribution is 0.569. The predicted octanol–water partition coefficient (Wildman–Crippen LogP) is 3.71. The monoisotopic (exact) mass is 312 g/mol. The van der Waals surface area contributed by atoms with Crippen LogP contribution in [0.2, 0.25) is 10.0 Å². The van der Waals surface area contributed by atoms with Gasteiger partial charge in [0.1, 0.15) is 0 Å². The summed E-state index contributed by atoms with van der Waals surface area (Å²) in [5.41, 5.74) is 0.784. The molecule has 1 aromatic rings. The second-order valence-corrected chi connectivity index (χ2v) is 7.84. The van der Waals surface area contributed by atoms with Crippen LogP contribution < -0.4 is 0 Å². The maximum atomic E-state index is 11.4. The minimum absolute atomic E-state index is 0.0591. The van der Waals surface area contributed by atoms with E-state index in [9.17, 15) is 8.42 Å². The van der Waals surface area contributed by atoms with Gasteiger partial charge in [0.2, 0.25) is 0 Å². The Labute approximate surface area is 116 Å². The first-order chi connectivity index (χ1) is 7.87. The zero-order valence-corrected chi connectivity index (χ0v) is 12.0. The number of hydrogen-bond donors (Lipinski definition) is 0. The average molecular weight is 314 g/mol. The average Bonchev–Trinajstić information content (AvgIpc) is 2.56. The van der Waals surface area contributed by atoms with Gasteiger partial charge in [0, 0.05) is 10.0 Å². The second kappa shape index (κ2) is 4.96. The van der Waals surface area contributed by atoms with Crippen molar-refractivity contribution in [1.29, 1.82) is 0 Å². The van der Waals surface area contributed by atoms with Crippen LogP contribution in [-0.2, 0) is 9.84 Å². The number of rotatable bonds is 2. The molecule has 0 aromatic heterocycles. The van der Waals surface area contributed by atoms with Crippen molar-refractivity contribution in [1.82, 2.24) is 0 Å². The summed E-state index contributed by atoms with van der Waals surface area (Å²) in [5.74, 6) is 0.303. The third kappa shape index (κ3) is 3.28. The third-order valence-electron chi connectivity index (χ3n) is 2.88. The first-order valence-electron chi connectivity index (χ1n) is 5.18. The lowest BCUT2D eigenvalue weighted by Gasteiger charge is -2.16. The van der Waals surface area contributed by atoms with Crippen LogP contribution in [0.4, 0.5) is 0 Å². The fraction of sp³-hybridized carbons (Fsp3) is 0.455. The predicted molar refractivity (Wildman–Crippen MR) is 71.8 cm³/mol. The van der Waals surface area contributed by atoms with Crippen LogP contribution in [0.1, 0.15) is 17.4 Å².